The molecule has 1 atom stereocenters. The summed E-state index contributed by atoms with van der Waals surface area (Å²) < 4.78 is 5.74. The van der Waals surface area contributed by atoms with Gasteiger partial charge in [-0.05, 0) is 48.5 Å². The third-order valence-corrected chi connectivity index (χ3v) is 4.67. The third-order valence-electron chi connectivity index (χ3n) is 3.69. The maximum Gasteiger partial charge on any atom is 0.228 e. The number of ether oxygens (including phenoxy) is 1. The van der Waals surface area contributed by atoms with Gasteiger partial charge >= 0.3 is 0 Å². The van der Waals surface area contributed by atoms with Crippen LogP contribution < -0.4 is 15.4 Å². The highest BCUT2D eigenvalue weighted by Gasteiger charge is 2.31. The minimum atomic E-state index is 0.0284. The van der Waals surface area contributed by atoms with Crippen LogP contribution >= 0.6 is 11.8 Å². The summed E-state index contributed by atoms with van der Waals surface area (Å²) in [7, 11) is 0. The van der Waals surface area contributed by atoms with E-state index < -0.39 is 0 Å². The Morgan fingerprint density at radius 2 is 1.71 bits per heavy atom. The Morgan fingerprint density at radius 3 is 2.29 bits per heavy atom. The van der Waals surface area contributed by atoms with Gasteiger partial charge in [-0.1, -0.05) is 11.8 Å². The number of carbonyl (C=O) groups excluding carboxylic acids is 2. The van der Waals surface area contributed by atoms with Gasteiger partial charge in [0.2, 0.25) is 5.91 Å². The lowest BCUT2D eigenvalue weighted by Crippen LogP contribution is -2.24. The van der Waals surface area contributed by atoms with E-state index in [9.17, 15) is 9.59 Å². The number of benzene rings is 2. The van der Waals surface area contributed by atoms with E-state index in [1.165, 1.54) is 18.7 Å². The number of carbonyl (C=O) groups is 2. The summed E-state index contributed by atoms with van der Waals surface area (Å²) in [6.45, 7) is 2.09. The minimum absolute atomic E-state index is 0.0284. The second kappa shape index (κ2) is 6.97. The molecule has 124 valence electrons. The zero-order chi connectivity index (χ0) is 17.1. The van der Waals surface area contributed by atoms with E-state index in [1.807, 2.05) is 24.3 Å². The zero-order valence-corrected chi connectivity index (χ0v) is 14.1. The van der Waals surface area contributed by atoms with E-state index >= 15 is 0 Å². The molecule has 1 fully saturated rings. The summed E-state index contributed by atoms with van der Waals surface area (Å²) in [5, 5.41) is 0.0719. The molecule has 0 aliphatic carbocycles. The summed E-state index contributed by atoms with van der Waals surface area (Å²) in [5.74, 6) is 1.43. The third kappa shape index (κ3) is 3.89. The molecule has 0 saturated carbocycles. The van der Waals surface area contributed by atoms with E-state index in [2.05, 4.69) is 0 Å². The van der Waals surface area contributed by atoms with Gasteiger partial charge < -0.3 is 15.4 Å². The van der Waals surface area contributed by atoms with Crippen molar-refractivity contribution in [2.24, 2.45) is 0 Å². The van der Waals surface area contributed by atoms with Crippen LogP contribution in [-0.4, -0.2) is 22.8 Å². The topological polar surface area (TPSA) is 72.6 Å². The average Bonchev–Trinajstić information content (AvgIpc) is 2.90. The fourth-order valence-corrected chi connectivity index (χ4v) is 3.52. The van der Waals surface area contributed by atoms with Crippen LogP contribution in [0.3, 0.4) is 0 Å². The molecule has 1 aliphatic rings. The van der Waals surface area contributed by atoms with Crippen LogP contribution in [0, 0.1) is 0 Å². The number of hydrogen-bond donors (Lipinski definition) is 1. The van der Waals surface area contributed by atoms with E-state index in [-0.39, 0.29) is 16.3 Å². The molecule has 2 aromatic rings. The Morgan fingerprint density at radius 1 is 1.12 bits per heavy atom. The Bertz CT molecular complexity index is 744. The molecule has 0 aromatic heterocycles. The fraction of sp³-hybridized carbons (Fsp3) is 0.222. The molecule has 1 saturated heterocycles. The second-order valence-corrected chi connectivity index (χ2v) is 7.08. The average molecular weight is 342 g/mol. The molecule has 6 heteroatoms. The van der Waals surface area contributed by atoms with Crippen molar-refractivity contribution >= 4 is 34.2 Å². The largest absolute Gasteiger partial charge is 0.457 e. The fourth-order valence-electron chi connectivity index (χ4n) is 2.60. The van der Waals surface area contributed by atoms with Gasteiger partial charge in [0.05, 0.1) is 0 Å². The molecule has 0 radical (unpaired) electrons. The van der Waals surface area contributed by atoms with Crippen molar-refractivity contribution in [2.75, 3.05) is 17.2 Å². The van der Waals surface area contributed by atoms with Gasteiger partial charge in [0.15, 0.2) is 5.12 Å². The molecular formula is C18H18N2O3S. The van der Waals surface area contributed by atoms with Crippen molar-refractivity contribution < 1.29 is 14.3 Å². The molecule has 1 heterocycles. The highest BCUT2D eigenvalue weighted by atomic mass is 32.2. The first-order valence-electron chi connectivity index (χ1n) is 7.62. The van der Waals surface area contributed by atoms with Crippen molar-refractivity contribution in [3.63, 3.8) is 0 Å². The second-order valence-electron chi connectivity index (χ2n) is 5.60. The summed E-state index contributed by atoms with van der Waals surface area (Å²) in [4.78, 5) is 25.0. The number of thioether (sulfide) groups is 1. The van der Waals surface area contributed by atoms with E-state index in [1.54, 1.807) is 29.2 Å². The van der Waals surface area contributed by atoms with Gasteiger partial charge in [-0.15, -0.1) is 0 Å². The van der Waals surface area contributed by atoms with Gasteiger partial charge in [0.25, 0.3) is 0 Å². The highest BCUT2D eigenvalue weighted by Crippen LogP contribution is 2.30. The molecule has 0 bridgehead atoms. The van der Waals surface area contributed by atoms with Crippen LogP contribution in [0.2, 0.25) is 0 Å². The highest BCUT2D eigenvalue weighted by molar-refractivity contribution is 8.14. The molecule has 5 nitrogen and oxygen atoms in total. The number of nitrogen functional groups attached to an aromatic ring is 1. The Hall–Kier alpha value is -2.47. The molecule has 1 aliphatic heterocycles. The molecule has 0 spiro atoms. The van der Waals surface area contributed by atoms with E-state index in [4.69, 9.17) is 10.5 Å². The molecule has 24 heavy (non-hydrogen) atoms. The van der Waals surface area contributed by atoms with Crippen molar-refractivity contribution in [1.29, 1.82) is 0 Å². The standard InChI is InChI=1S/C18H18N2O3S/c1-12(21)24-17-10-18(22)20(11-17)14-4-8-16(9-5-14)23-15-6-2-13(19)3-7-15/h2-9,17H,10-11,19H2,1H3. The molecular weight excluding hydrogens is 324 g/mol. The smallest absolute Gasteiger partial charge is 0.228 e. The van der Waals surface area contributed by atoms with Crippen molar-refractivity contribution in [2.45, 2.75) is 18.6 Å². The van der Waals surface area contributed by atoms with Crippen molar-refractivity contribution in [3.05, 3.63) is 48.5 Å². The summed E-state index contributed by atoms with van der Waals surface area (Å²) in [6.07, 6.45) is 0.397. The maximum atomic E-state index is 12.1. The van der Waals surface area contributed by atoms with Gasteiger partial charge in [0.1, 0.15) is 11.5 Å². The monoisotopic (exact) mass is 342 g/mol. The quantitative estimate of drug-likeness (QED) is 0.862. The Balaban J connectivity index is 1.67. The SMILES string of the molecule is CC(=O)SC1CC(=O)N(c2ccc(Oc3ccc(N)cc3)cc2)C1. The van der Waals surface area contributed by atoms with Crippen molar-refractivity contribution in [3.8, 4) is 11.5 Å². The molecule has 3 rings (SSSR count). The number of rotatable bonds is 4. The number of anilines is 2. The summed E-state index contributed by atoms with van der Waals surface area (Å²) in [6, 6.07) is 14.5. The first-order valence-corrected chi connectivity index (χ1v) is 8.50. The number of nitrogens with two attached hydrogens (primary N) is 1. The predicted molar refractivity (Wildman–Crippen MR) is 96.4 cm³/mol. The molecule has 1 amide bonds. The normalized spacial score (nSPS) is 17.1. The Labute approximate surface area is 144 Å². The van der Waals surface area contributed by atoms with Crippen LogP contribution in [-0.2, 0) is 9.59 Å². The van der Waals surface area contributed by atoms with E-state index in [0.29, 0.717) is 30.2 Å². The summed E-state index contributed by atoms with van der Waals surface area (Å²) >= 11 is 1.23. The Kier molecular flexibility index (Phi) is 4.76. The predicted octanol–water partition coefficient (Wildman–Crippen LogP) is 3.45. The lowest BCUT2D eigenvalue weighted by Gasteiger charge is -2.17. The van der Waals surface area contributed by atoms with Gasteiger partial charge in [0, 0.05) is 36.5 Å². The first kappa shape index (κ1) is 16.4. The zero-order valence-electron chi connectivity index (χ0n) is 13.3. The molecule has 2 aromatic carbocycles. The number of nitrogens with zero attached hydrogens (tertiary/aromatic N) is 1. The minimum Gasteiger partial charge on any atom is -0.457 e. The van der Waals surface area contributed by atoms with Crippen molar-refractivity contribution in [1.82, 2.24) is 0 Å². The van der Waals surface area contributed by atoms with Crippen LogP contribution in [0.5, 0.6) is 11.5 Å². The van der Waals surface area contributed by atoms with Crippen LogP contribution in [0.4, 0.5) is 11.4 Å². The maximum absolute atomic E-state index is 12.1. The van der Waals surface area contributed by atoms with Crippen LogP contribution in [0.15, 0.2) is 48.5 Å². The lowest BCUT2D eigenvalue weighted by atomic mass is 10.2. The lowest BCUT2D eigenvalue weighted by molar-refractivity contribution is -0.117. The van der Waals surface area contributed by atoms with Gasteiger partial charge in [-0.25, -0.2) is 0 Å². The van der Waals surface area contributed by atoms with Crippen LogP contribution in [0.1, 0.15) is 13.3 Å². The van der Waals surface area contributed by atoms with E-state index in [0.717, 1.165) is 5.69 Å². The first-order chi connectivity index (χ1) is 11.5. The number of hydrogen-bond acceptors (Lipinski definition) is 5. The molecule has 2 N–H and O–H groups in total. The van der Waals surface area contributed by atoms with Crippen LogP contribution in [0.25, 0.3) is 0 Å². The molecule has 1 unspecified atom stereocenters. The van der Waals surface area contributed by atoms with Gasteiger partial charge in [-0.3, -0.25) is 9.59 Å². The number of amides is 1. The van der Waals surface area contributed by atoms with Gasteiger partial charge in [-0.2, -0.15) is 0 Å². The summed E-state index contributed by atoms with van der Waals surface area (Å²) in [5.41, 5.74) is 7.15.